The van der Waals surface area contributed by atoms with Gasteiger partial charge in [0.05, 0.1) is 0 Å². The highest BCUT2D eigenvalue weighted by molar-refractivity contribution is 7.10. The molecule has 0 aliphatic heterocycles. The van der Waals surface area contributed by atoms with Crippen LogP contribution in [0.25, 0.3) is 0 Å². The van der Waals surface area contributed by atoms with Crippen LogP contribution < -0.4 is 0 Å². The molecule has 0 radical (unpaired) electrons. The van der Waals surface area contributed by atoms with E-state index in [1.54, 1.807) is 10.4 Å². The fraction of sp³-hybridized carbons (Fsp3) is 0.556. The van der Waals surface area contributed by atoms with Crippen molar-refractivity contribution in [2.24, 2.45) is 0 Å². The molecule has 1 heteroatoms. The molecule has 1 fully saturated rings. The van der Waals surface area contributed by atoms with Crippen LogP contribution in [-0.2, 0) is 0 Å². The summed E-state index contributed by atoms with van der Waals surface area (Å²) >= 11 is 1.98. The van der Waals surface area contributed by atoms with Gasteiger partial charge in [-0.3, -0.25) is 0 Å². The molecule has 2 aliphatic carbocycles. The Kier molecular flexibility index (Phi) is 0.883. The Bertz CT molecular complexity index is 237. The Morgan fingerprint density at radius 2 is 2.20 bits per heavy atom. The molecule has 1 aromatic heterocycles. The Balaban J connectivity index is 2.25. The molecule has 3 rings (SSSR count). The zero-order valence-electron chi connectivity index (χ0n) is 5.84. The summed E-state index contributed by atoms with van der Waals surface area (Å²) in [5, 5.41) is 2.26. The van der Waals surface area contributed by atoms with Crippen LogP contribution in [0.15, 0.2) is 11.4 Å². The molecule has 1 heterocycles. The predicted octanol–water partition coefficient (Wildman–Crippen LogP) is 3.11. The Morgan fingerprint density at radius 3 is 3.10 bits per heavy atom. The maximum absolute atomic E-state index is 2.34. The summed E-state index contributed by atoms with van der Waals surface area (Å²) in [6, 6.07) is 2.34. The van der Waals surface area contributed by atoms with Gasteiger partial charge in [-0.25, -0.2) is 0 Å². The van der Waals surface area contributed by atoms with E-state index in [0.29, 0.717) is 0 Å². The smallest absolute Gasteiger partial charge is 0.0111 e. The van der Waals surface area contributed by atoms with Crippen LogP contribution in [0, 0.1) is 0 Å². The molecular formula is C9H10S. The van der Waals surface area contributed by atoms with Gasteiger partial charge in [0, 0.05) is 4.88 Å². The second kappa shape index (κ2) is 1.65. The zero-order chi connectivity index (χ0) is 6.55. The van der Waals surface area contributed by atoms with Crippen molar-refractivity contribution in [2.75, 3.05) is 0 Å². The van der Waals surface area contributed by atoms with Crippen molar-refractivity contribution in [3.05, 3.63) is 21.9 Å². The summed E-state index contributed by atoms with van der Waals surface area (Å²) < 4.78 is 0. The van der Waals surface area contributed by atoms with Crippen LogP contribution in [0.1, 0.15) is 41.5 Å². The lowest BCUT2D eigenvalue weighted by atomic mass is 9.99. The number of rotatable bonds is 0. The largest absolute Gasteiger partial charge is 0.148 e. The average molecular weight is 150 g/mol. The average Bonchev–Trinajstić information content (AvgIpc) is 2.60. The fourth-order valence-corrected chi connectivity index (χ4v) is 3.64. The number of fused-ring (bicyclic) bond motifs is 5. The van der Waals surface area contributed by atoms with Gasteiger partial charge >= 0.3 is 0 Å². The SMILES string of the molecule is c1cc2c(s1)C1CCC2C1. The molecule has 2 atom stereocenters. The minimum Gasteiger partial charge on any atom is -0.148 e. The molecular weight excluding hydrogens is 140 g/mol. The van der Waals surface area contributed by atoms with Crippen LogP contribution in [0.5, 0.6) is 0 Å². The third kappa shape index (κ3) is 0.485. The summed E-state index contributed by atoms with van der Waals surface area (Å²) in [7, 11) is 0. The van der Waals surface area contributed by atoms with Crippen LogP contribution in [0.4, 0.5) is 0 Å². The van der Waals surface area contributed by atoms with Crippen LogP contribution >= 0.6 is 11.3 Å². The Hall–Kier alpha value is -0.300. The second-order valence-electron chi connectivity index (χ2n) is 3.45. The van der Waals surface area contributed by atoms with Crippen molar-refractivity contribution in [2.45, 2.75) is 31.1 Å². The van der Waals surface area contributed by atoms with Gasteiger partial charge < -0.3 is 0 Å². The minimum absolute atomic E-state index is 0.964. The van der Waals surface area contributed by atoms with Gasteiger partial charge in [0.25, 0.3) is 0 Å². The van der Waals surface area contributed by atoms with Gasteiger partial charge in [0.15, 0.2) is 0 Å². The fourth-order valence-electron chi connectivity index (χ4n) is 2.50. The van der Waals surface area contributed by atoms with E-state index in [4.69, 9.17) is 0 Å². The molecule has 0 nitrogen and oxygen atoms in total. The lowest BCUT2D eigenvalue weighted by Crippen LogP contribution is -1.91. The van der Waals surface area contributed by atoms with E-state index in [1.807, 2.05) is 11.3 Å². The van der Waals surface area contributed by atoms with Gasteiger partial charge in [-0.1, -0.05) is 0 Å². The highest BCUT2D eigenvalue weighted by Crippen LogP contribution is 2.54. The van der Waals surface area contributed by atoms with E-state index in [9.17, 15) is 0 Å². The van der Waals surface area contributed by atoms with Crippen molar-refractivity contribution < 1.29 is 0 Å². The molecule has 2 unspecified atom stereocenters. The maximum Gasteiger partial charge on any atom is 0.0111 e. The predicted molar refractivity (Wildman–Crippen MR) is 43.7 cm³/mol. The lowest BCUT2D eigenvalue weighted by Gasteiger charge is -2.08. The highest BCUT2D eigenvalue weighted by atomic mass is 32.1. The van der Waals surface area contributed by atoms with E-state index in [1.165, 1.54) is 19.3 Å². The summed E-state index contributed by atoms with van der Waals surface area (Å²) in [6.45, 7) is 0. The highest BCUT2D eigenvalue weighted by Gasteiger charge is 2.37. The molecule has 2 aliphatic rings. The Morgan fingerprint density at radius 1 is 1.30 bits per heavy atom. The molecule has 0 saturated heterocycles. The van der Waals surface area contributed by atoms with Gasteiger partial charge in [-0.05, 0) is 48.1 Å². The first-order valence-corrected chi connectivity index (χ1v) is 4.90. The molecule has 10 heavy (non-hydrogen) atoms. The summed E-state index contributed by atoms with van der Waals surface area (Å²) in [5.74, 6) is 1.94. The summed E-state index contributed by atoms with van der Waals surface area (Å²) in [5.41, 5.74) is 1.70. The quantitative estimate of drug-likeness (QED) is 0.533. The van der Waals surface area contributed by atoms with Crippen LogP contribution in [0.2, 0.25) is 0 Å². The van der Waals surface area contributed by atoms with E-state index in [0.717, 1.165) is 11.8 Å². The third-order valence-corrected chi connectivity index (χ3v) is 4.07. The zero-order valence-corrected chi connectivity index (χ0v) is 6.66. The van der Waals surface area contributed by atoms with Crippen molar-refractivity contribution in [3.63, 3.8) is 0 Å². The van der Waals surface area contributed by atoms with E-state index < -0.39 is 0 Å². The van der Waals surface area contributed by atoms with E-state index in [-0.39, 0.29) is 0 Å². The third-order valence-electron chi connectivity index (χ3n) is 2.97. The second-order valence-corrected chi connectivity index (χ2v) is 4.39. The molecule has 0 spiro atoms. The van der Waals surface area contributed by atoms with E-state index >= 15 is 0 Å². The molecule has 52 valence electrons. The van der Waals surface area contributed by atoms with Crippen LogP contribution in [0.3, 0.4) is 0 Å². The summed E-state index contributed by atoms with van der Waals surface area (Å²) in [6.07, 6.45) is 4.41. The molecule has 0 N–H and O–H groups in total. The Labute approximate surface area is 64.9 Å². The minimum atomic E-state index is 0.964. The number of thiophene rings is 1. The van der Waals surface area contributed by atoms with Crippen molar-refractivity contribution >= 4 is 11.3 Å². The first-order chi connectivity index (χ1) is 4.95. The molecule has 0 amide bonds. The number of hydrogen-bond acceptors (Lipinski definition) is 1. The number of hydrogen-bond donors (Lipinski definition) is 0. The standard InChI is InChI=1S/C9H10S/c1-2-7-5-6(1)8-3-4-10-9(7)8/h3-4,6-7H,1-2,5H2. The first kappa shape index (κ1) is 5.36. The lowest BCUT2D eigenvalue weighted by molar-refractivity contribution is 0.728. The molecule has 1 saturated carbocycles. The van der Waals surface area contributed by atoms with Gasteiger partial charge in [-0.15, -0.1) is 11.3 Å². The van der Waals surface area contributed by atoms with Gasteiger partial charge in [0.1, 0.15) is 0 Å². The van der Waals surface area contributed by atoms with Gasteiger partial charge in [-0.2, -0.15) is 0 Å². The van der Waals surface area contributed by atoms with E-state index in [2.05, 4.69) is 11.4 Å². The van der Waals surface area contributed by atoms with Crippen LogP contribution in [-0.4, -0.2) is 0 Å². The normalized spacial score (nSPS) is 34.8. The van der Waals surface area contributed by atoms with Gasteiger partial charge in [0.2, 0.25) is 0 Å². The monoisotopic (exact) mass is 150 g/mol. The molecule has 0 aromatic carbocycles. The van der Waals surface area contributed by atoms with Crippen molar-refractivity contribution in [3.8, 4) is 0 Å². The van der Waals surface area contributed by atoms with Crippen molar-refractivity contribution in [1.82, 2.24) is 0 Å². The maximum atomic E-state index is 2.34. The topological polar surface area (TPSA) is 0 Å². The van der Waals surface area contributed by atoms with Crippen molar-refractivity contribution in [1.29, 1.82) is 0 Å². The molecule has 1 aromatic rings. The summed E-state index contributed by atoms with van der Waals surface area (Å²) in [4.78, 5) is 1.72. The molecule has 2 bridgehead atoms. The first-order valence-electron chi connectivity index (χ1n) is 4.02.